The number of hydrogen-bond acceptors (Lipinski definition) is 3. The number of nitrogens with two attached hydrogens (primary N) is 1. The second-order valence-corrected chi connectivity index (χ2v) is 5.73. The van der Waals surface area contributed by atoms with Crippen LogP contribution in [0.4, 0.5) is 0 Å². The Hall–Kier alpha value is -0.120. The maximum absolute atomic E-state index is 5.84. The summed E-state index contributed by atoms with van der Waals surface area (Å²) in [4.78, 5) is 5.19. The molecule has 0 aromatic heterocycles. The molecule has 2 N–H and O–H groups in total. The van der Waals surface area contributed by atoms with Crippen LogP contribution in [0.15, 0.2) is 0 Å². The van der Waals surface area contributed by atoms with Crippen molar-refractivity contribution < 1.29 is 0 Å². The fourth-order valence-corrected chi connectivity index (χ4v) is 3.09. The van der Waals surface area contributed by atoms with Crippen molar-refractivity contribution in [1.82, 2.24) is 9.80 Å². The lowest BCUT2D eigenvalue weighted by Crippen LogP contribution is -2.42. The molecule has 0 saturated carbocycles. The van der Waals surface area contributed by atoms with Gasteiger partial charge in [-0.05, 0) is 64.7 Å². The number of likely N-dealkylation sites (tertiary alicyclic amines) is 2. The van der Waals surface area contributed by atoms with Gasteiger partial charge in [0.15, 0.2) is 0 Å². The molecule has 0 radical (unpaired) electrons. The Labute approximate surface area is 100.0 Å². The molecule has 0 spiro atoms. The smallest absolute Gasteiger partial charge is 0.0139 e. The summed E-state index contributed by atoms with van der Waals surface area (Å²) in [6.45, 7) is 9.76. The molecule has 0 aromatic rings. The zero-order chi connectivity index (χ0) is 11.4. The summed E-state index contributed by atoms with van der Waals surface area (Å²) >= 11 is 0. The minimum absolute atomic E-state index is 0.329. The van der Waals surface area contributed by atoms with Gasteiger partial charge in [0.25, 0.3) is 0 Å². The first kappa shape index (κ1) is 12.3. The molecule has 1 atom stereocenters. The monoisotopic (exact) mass is 225 g/mol. The van der Waals surface area contributed by atoms with E-state index < -0.39 is 0 Å². The van der Waals surface area contributed by atoms with Gasteiger partial charge >= 0.3 is 0 Å². The van der Waals surface area contributed by atoms with Gasteiger partial charge in [0.1, 0.15) is 0 Å². The lowest BCUT2D eigenvalue weighted by Gasteiger charge is -2.34. The predicted octanol–water partition coefficient (Wildman–Crippen LogP) is 1.14. The van der Waals surface area contributed by atoms with Gasteiger partial charge < -0.3 is 15.5 Å². The number of piperidine rings is 1. The van der Waals surface area contributed by atoms with E-state index in [1.54, 1.807) is 0 Å². The average Bonchev–Trinajstić information content (AvgIpc) is 2.73. The van der Waals surface area contributed by atoms with Crippen LogP contribution >= 0.6 is 0 Å². The minimum atomic E-state index is 0.329. The maximum Gasteiger partial charge on any atom is 0.0139 e. The fraction of sp³-hybridized carbons (Fsp3) is 1.00. The molecule has 94 valence electrons. The first-order valence-corrected chi connectivity index (χ1v) is 6.94. The molecule has 3 heteroatoms. The molecule has 16 heavy (non-hydrogen) atoms. The maximum atomic E-state index is 5.84. The Morgan fingerprint density at radius 2 is 1.69 bits per heavy atom. The van der Waals surface area contributed by atoms with Crippen molar-refractivity contribution in [2.45, 2.75) is 38.6 Å². The van der Waals surface area contributed by atoms with Crippen molar-refractivity contribution in [2.75, 3.05) is 39.3 Å². The van der Waals surface area contributed by atoms with Crippen LogP contribution in [0.2, 0.25) is 0 Å². The van der Waals surface area contributed by atoms with E-state index in [2.05, 4.69) is 16.7 Å². The Morgan fingerprint density at radius 3 is 2.25 bits per heavy atom. The molecule has 0 aromatic carbocycles. The molecule has 0 unspecified atom stereocenters. The summed E-state index contributed by atoms with van der Waals surface area (Å²) < 4.78 is 0. The molecule has 0 bridgehead atoms. The van der Waals surface area contributed by atoms with Crippen LogP contribution in [0, 0.1) is 5.92 Å². The van der Waals surface area contributed by atoms with Crippen molar-refractivity contribution >= 4 is 0 Å². The Morgan fingerprint density at radius 1 is 1.06 bits per heavy atom. The van der Waals surface area contributed by atoms with E-state index in [-0.39, 0.29) is 0 Å². The van der Waals surface area contributed by atoms with Crippen LogP contribution in [0.25, 0.3) is 0 Å². The number of rotatable bonds is 4. The molecule has 2 aliphatic heterocycles. The van der Waals surface area contributed by atoms with E-state index >= 15 is 0 Å². The van der Waals surface area contributed by atoms with Gasteiger partial charge in [0.2, 0.25) is 0 Å². The molecule has 0 amide bonds. The first-order valence-electron chi connectivity index (χ1n) is 6.94. The molecular weight excluding hydrogens is 198 g/mol. The molecule has 2 aliphatic rings. The van der Waals surface area contributed by atoms with Crippen LogP contribution in [0.1, 0.15) is 32.6 Å². The molecule has 2 heterocycles. The lowest BCUT2D eigenvalue weighted by atomic mass is 9.96. The van der Waals surface area contributed by atoms with Crippen LogP contribution in [0.5, 0.6) is 0 Å². The molecule has 0 aliphatic carbocycles. The van der Waals surface area contributed by atoms with Crippen molar-refractivity contribution in [2.24, 2.45) is 11.7 Å². The van der Waals surface area contributed by atoms with Crippen LogP contribution in [0.3, 0.4) is 0 Å². The van der Waals surface area contributed by atoms with E-state index in [1.165, 1.54) is 58.4 Å². The molecule has 3 nitrogen and oxygen atoms in total. The van der Waals surface area contributed by atoms with Crippen molar-refractivity contribution in [3.8, 4) is 0 Å². The highest BCUT2D eigenvalue weighted by atomic mass is 15.2. The summed E-state index contributed by atoms with van der Waals surface area (Å²) in [5, 5.41) is 0. The van der Waals surface area contributed by atoms with Crippen LogP contribution in [-0.2, 0) is 0 Å². The minimum Gasteiger partial charge on any atom is -0.327 e. The fourth-order valence-electron chi connectivity index (χ4n) is 3.09. The zero-order valence-corrected chi connectivity index (χ0v) is 10.7. The largest absolute Gasteiger partial charge is 0.327 e. The highest BCUT2D eigenvalue weighted by Gasteiger charge is 2.22. The summed E-state index contributed by atoms with van der Waals surface area (Å²) in [5.41, 5.74) is 5.84. The Bertz CT molecular complexity index is 191. The van der Waals surface area contributed by atoms with E-state index in [0.717, 1.165) is 12.5 Å². The van der Waals surface area contributed by atoms with Crippen molar-refractivity contribution in [1.29, 1.82) is 0 Å². The van der Waals surface area contributed by atoms with Crippen molar-refractivity contribution in [3.63, 3.8) is 0 Å². The van der Waals surface area contributed by atoms with Gasteiger partial charge in [-0.3, -0.25) is 0 Å². The second-order valence-electron chi connectivity index (χ2n) is 5.73. The van der Waals surface area contributed by atoms with Gasteiger partial charge in [-0.25, -0.2) is 0 Å². The van der Waals surface area contributed by atoms with E-state index in [4.69, 9.17) is 5.73 Å². The first-order chi connectivity index (χ1) is 7.74. The summed E-state index contributed by atoms with van der Waals surface area (Å²) in [6, 6.07) is 0.329. The third-order valence-corrected chi connectivity index (χ3v) is 3.97. The highest BCUT2D eigenvalue weighted by molar-refractivity contribution is 4.78. The molecule has 2 rings (SSSR count). The van der Waals surface area contributed by atoms with E-state index in [9.17, 15) is 0 Å². The summed E-state index contributed by atoms with van der Waals surface area (Å²) in [5.74, 6) is 0.947. The van der Waals surface area contributed by atoms with Crippen LogP contribution in [-0.4, -0.2) is 55.1 Å². The normalized spacial score (nSPS) is 27.4. The van der Waals surface area contributed by atoms with Crippen molar-refractivity contribution in [3.05, 3.63) is 0 Å². The summed E-state index contributed by atoms with van der Waals surface area (Å²) in [6.07, 6.45) is 5.60. The molecule has 2 saturated heterocycles. The van der Waals surface area contributed by atoms with Gasteiger partial charge in [-0.15, -0.1) is 0 Å². The van der Waals surface area contributed by atoms with Gasteiger partial charge in [-0.1, -0.05) is 0 Å². The van der Waals surface area contributed by atoms with Gasteiger partial charge in [0, 0.05) is 19.1 Å². The Balaban J connectivity index is 1.64. The molecule has 2 fully saturated rings. The Kier molecular flexibility index (Phi) is 4.62. The topological polar surface area (TPSA) is 32.5 Å². The summed E-state index contributed by atoms with van der Waals surface area (Å²) in [7, 11) is 0. The lowest BCUT2D eigenvalue weighted by molar-refractivity contribution is 0.150. The van der Waals surface area contributed by atoms with Gasteiger partial charge in [0.05, 0.1) is 0 Å². The standard InChI is InChI=1S/C13H27N3/c1-12(14)10-16-8-4-13(5-9-16)11-15-6-2-3-7-15/h12-13H,2-11,14H2,1H3/t12-/m1/s1. The van der Waals surface area contributed by atoms with E-state index in [1.807, 2.05) is 0 Å². The zero-order valence-electron chi connectivity index (χ0n) is 10.7. The third-order valence-electron chi connectivity index (χ3n) is 3.97. The number of nitrogens with zero attached hydrogens (tertiary/aromatic N) is 2. The predicted molar refractivity (Wildman–Crippen MR) is 68.5 cm³/mol. The van der Waals surface area contributed by atoms with Gasteiger partial charge in [-0.2, -0.15) is 0 Å². The quantitative estimate of drug-likeness (QED) is 0.779. The second kappa shape index (κ2) is 5.99. The number of hydrogen-bond donors (Lipinski definition) is 1. The SMILES string of the molecule is C[C@@H](N)CN1CCC(CN2CCCC2)CC1. The highest BCUT2D eigenvalue weighted by Crippen LogP contribution is 2.20. The van der Waals surface area contributed by atoms with E-state index in [0.29, 0.717) is 6.04 Å². The average molecular weight is 225 g/mol. The molecular formula is C13H27N3. The van der Waals surface area contributed by atoms with Crippen LogP contribution < -0.4 is 5.73 Å². The third kappa shape index (κ3) is 3.72.